The van der Waals surface area contributed by atoms with Gasteiger partial charge in [0.05, 0.1) is 22.5 Å². The van der Waals surface area contributed by atoms with Gasteiger partial charge in [0.2, 0.25) is 0 Å². The zero-order valence-corrected chi connectivity index (χ0v) is 13.7. The molecule has 118 valence electrons. The molecule has 2 aromatic heterocycles. The fourth-order valence-electron chi connectivity index (χ4n) is 2.77. The van der Waals surface area contributed by atoms with Crippen LogP contribution in [0.25, 0.3) is 0 Å². The SMILES string of the molecule is Cc1cnc(CCN(C)C(=O)c2cn[nH]c2C2CCNC2)s1. The Bertz CT molecular complexity index is 644. The summed E-state index contributed by atoms with van der Waals surface area (Å²) in [5, 5.41) is 11.5. The van der Waals surface area contributed by atoms with Crippen LogP contribution in [-0.2, 0) is 6.42 Å². The van der Waals surface area contributed by atoms with Gasteiger partial charge >= 0.3 is 0 Å². The number of likely N-dealkylation sites (N-methyl/N-ethyl adjacent to an activating group) is 1. The van der Waals surface area contributed by atoms with Crippen molar-refractivity contribution < 1.29 is 4.79 Å². The van der Waals surface area contributed by atoms with Gasteiger partial charge in [-0.05, 0) is 19.9 Å². The van der Waals surface area contributed by atoms with Crippen LogP contribution < -0.4 is 5.32 Å². The number of carbonyl (C=O) groups is 1. The quantitative estimate of drug-likeness (QED) is 0.877. The number of thiazole rings is 1. The lowest BCUT2D eigenvalue weighted by molar-refractivity contribution is 0.0795. The summed E-state index contributed by atoms with van der Waals surface area (Å²) in [6.45, 7) is 4.61. The average molecular weight is 319 g/mol. The van der Waals surface area contributed by atoms with Gasteiger partial charge in [-0.2, -0.15) is 5.10 Å². The summed E-state index contributed by atoms with van der Waals surface area (Å²) in [7, 11) is 1.84. The first-order chi connectivity index (χ1) is 10.6. The summed E-state index contributed by atoms with van der Waals surface area (Å²) >= 11 is 1.69. The second kappa shape index (κ2) is 6.58. The summed E-state index contributed by atoms with van der Waals surface area (Å²) in [5.41, 5.74) is 1.67. The van der Waals surface area contributed by atoms with Crippen molar-refractivity contribution in [3.63, 3.8) is 0 Å². The van der Waals surface area contributed by atoms with Crippen molar-refractivity contribution in [2.24, 2.45) is 0 Å². The van der Waals surface area contributed by atoms with Crippen LogP contribution in [0.5, 0.6) is 0 Å². The molecule has 7 heteroatoms. The number of aromatic amines is 1. The number of hydrogen-bond acceptors (Lipinski definition) is 5. The van der Waals surface area contributed by atoms with Gasteiger partial charge in [-0.3, -0.25) is 9.89 Å². The van der Waals surface area contributed by atoms with Crippen LogP contribution in [-0.4, -0.2) is 52.7 Å². The number of amides is 1. The first kappa shape index (κ1) is 15.2. The molecule has 1 unspecified atom stereocenters. The summed E-state index contributed by atoms with van der Waals surface area (Å²) < 4.78 is 0. The second-order valence-corrected chi connectivity index (χ2v) is 7.05. The van der Waals surface area contributed by atoms with E-state index < -0.39 is 0 Å². The number of carbonyl (C=O) groups excluding carboxylic acids is 1. The largest absolute Gasteiger partial charge is 0.341 e. The van der Waals surface area contributed by atoms with Gasteiger partial charge in [-0.1, -0.05) is 0 Å². The van der Waals surface area contributed by atoms with E-state index in [4.69, 9.17) is 0 Å². The predicted molar refractivity (Wildman–Crippen MR) is 86.3 cm³/mol. The first-order valence-electron chi connectivity index (χ1n) is 7.56. The summed E-state index contributed by atoms with van der Waals surface area (Å²) in [4.78, 5) is 19.9. The molecule has 1 aliphatic heterocycles. The third-order valence-electron chi connectivity index (χ3n) is 4.04. The van der Waals surface area contributed by atoms with Gasteiger partial charge in [0.15, 0.2) is 0 Å². The Kier molecular flexibility index (Phi) is 4.54. The summed E-state index contributed by atoms with van der Waals surface area (Å²) in [6, 6.07) is 0. The number of aryl methyl sites for hydroxylation is 1. The maximum absolute atomic E-state index is 12.6. The van der Waals surface area contributed by atoms with Crippen LogP contribution in [0.3, 0.4) is 0 Å². The fraction of sp³-hybridized carbons (Fsp3) is 0.533. The average Bonchev–Trinajstić information content (AvgIpc) is 3.24. The van der Waals surface area contributed by atoms with Gasteiger partial charge < -0.3 is 10.2 Å². The maximum Gasteiger partial charge on any atom is 0.257 e. The van der Waals surface area contributed by atoms with E-state index in [0.717, 1.165) is 36.6 Å². The molecule has 0 spiro atoms. The third-order valence-corrected chi connectivity index (χ3v) is 5.02. The van der Waals surface area contributed by atoms with Crippen molar-refractivity contribution in [2.75, 3.05) is 26.7 Å². The Balaban J connectivity index is 1.64. The number of nitrogens with one attached hydrogen (secondary N) is 2. The monoisotopic (exact) mass is 319 g/mol. The highest BCUT2D eigenvalue weighted by Gasteiger charge is 2.25. The molecular weight excluding hydrogens is 298 g/mol. The van der Waals surface area contributed by atoms with Crippen LogP contribution >= 0.6 is 11.3 Å². The van der Waals surface area contributed by atoms with Crippen LogP contribution in [0.2, 0.25) is 0 Å². The molecule has 22 heavy (non-hydrogen) atoms. The standard InChI is InChI=1S/C15H21N5OS/c1-10-7-17-13(22-10)4-6-20(2)15(21)12-9-18-19-14(12)11-3-5-16-8-11/h7,9,11,16H,3-6,8H2,1-2H3,(H,18,19). The molecule has 0 aromatic carbocycles. The van der Waals surface area contributed by atoms with E-state index >= 15 is 0 Å². The molecule has 3 heterocycles. The number of nitrogens with zero attached hydrogens (tertiary/aromatic N) is 3. The summed E-state index contributed by atoms with van der Waals surface area (Å²) in [6.07, 6.45) is 5.37. The molecule has 3 rings (SSSR count). The van der Waals surface area contributed by atoms with Crippen molar-refractivity contribution >= 4 is 17.2 Å². The molecule has 2 aromatic rings. The normalized spacial score (nSPS) is 17.8. The molecule has 1 fully saturated rings. The lowest BCUT2D eigenvalue weighted by Crippen LogP contribution is -2.29. The van der Waals surface area contributed by atoms with Crippen LogP contribution in [0.15, 0.2) is 12.4 Å². The van der Waals surface area contributed by atoms with E-state index in [0.29, 0.717) is 18.0 Å². The molecule has 0 radical (unpaired) electrons. The molecule has 1 saturated heterocycles. The Labute approximate surface area is 133 Å². The Morgan fingerprint density at radius 2 is 2.36 bits per heavy atom. The minimum absolute atomic E-state index is 0.0314. The predicted octanol–water partition coefficient (Wildman–Crippen LogP) is 1.57. The van der Waals surface area contributed by atoms with Gasteiger partial charge in [0.1, 0.15) is 0 Å². The molecule has 6 nitrogen and oxygen atoms in total. The highest BCUT2D eigenvalue weighted by molar-refractivity contribution is 7.11. The molecule has 0 aliphatic carbocycles. The van der Waals surface area contributed by atoms with Crippen molar-refractivity contribution in [3.05, 3.63) is 33.5 Å². The van der Waals surface area contributed by atoms with E-state index in [2.05, 4.69) is 20.5 Å². The highest BCUT2D eigenvalue weighted by atomic mass is 32.1. The van der Waals surface area contributed by atoms with E-state index in [1.807, 2.05) is 20.2 Å². The molecule has 2 N–H and O–H groups in total. The van der Waals surface area contributed by atoms with Crippen LogP contribution in [0.4, 0.5) is 0 Å². The lowest BCUT2D eigenvalue weighted by atomic mass is 10.0. The number of hydrogen-bond donors (Lipinski definition) is 2. The number of H-pyrrole nitrogens is 1. The van der Waals surface area contributed by atoms with E-state index in [1.165, 1.54) is 4.88 Å². The van der Waals surface area contributed by atoms with Crippen LogP contribution in [0, 0.1) is 6.92 Å². The number of aromatic nitrogens is 3. The van der Waals surface area contributed by atoms with Gasteiger partial charge in [0.25, 0.3) is 5.91 Å². The zero-order valence-electron chi connectivity index (χ0n) is 12.9. The van der Waals surface area contributed by atoms with E-state index in [1.54, 1.807) is 22.4 Å². The van der Waals surface area contributed by atoms with Gasteiger partial charge in [-0.25, -0.2) is 4.98 Å². The van der Waals surface area contributed by atoms with Crippen molar-refractivity contribution in [3.8, 4) is 0 Å². The molecule has 1 atom stereocenters. The number of rotatable bonds is 5. The van der Waals surface area contributed by atoms with E-state index in [-0.39, 0.29) is 5.91 Å². The van der Waals surface area contributed by atoms with Gasteiger partial charge in [0, 0.05) is 43.5 Å². The van der Waals surface area contributed by atoms with Crippen molar-refractivity contribution in [2.45, 2.75) is 25.7 Å². The third kappa shape index (κ3) is 3.20. The lowest BCUT2D eigenvalue weighted by Gasteiger charge is -2.17. The summed E-state index contributed by atoms with van der Waals surface area (Å²) in [5.74, 6) is 0.389. The smallest absolute Gasteiger partial charge is 0.257 e. The molecule has 1 aliphatic rings. The molecular formula is C15H21N5OS. The Morgan fingerprint density at radius 1 is 1.50 bits per heavy atom. The topological polar surface area (TPSA) is 73.9 Å². The van der Waals surface area contributed by atoms with Crippen molar-refractivity contribution in [1.29, 1.82) is 0 Å². The molecule has 1 amide bonds. The molecule has 0 saturated carbocycles. The second-order valence-electron chi connectivity index (χ2n) is 5.73. The van der Waals surface area contributed by atoms with Crippen molar-refractivity contribution in [1.82, 2.24) is 25.4 Å². The maximum atomic E-state index is 12.6. The Morgan fingerprint density at radius 3 is 3.05 bits per heavy atom. The minimum atomic E-state index is 0.0314. The highest BCUT2D eigenvalue weighted by Crippen LogP contribution is 2.24. The minimum Gasteiger partial charge on any atom is -0.341 e. The Hall–Kier alpha value is -1.73. The van der Waals surface area contributed by atoms with E-state index in [9.17, 15) is 4.79 Å². The first-order valence-corrected chi connectivity index (χ1v) is 8.37. The zero-order chi connectivity index (χ0) is 15.5. The van der Waals surface area contributed by atoms with Crippen LogP contribution in [0.1, 0.15) is 38.3 Å². The van der Waals surface area contributed by atoms with Gasteiger partial charge in [-0.15, -0.1) is 11.3 Å². The molecule has 0 bridgehead atoms. The fourth-order valence-corrected chi connectivity index (χ4v) is 3.54.